The molecule has 0 aromatic rings. The molecule has 0 bridgehead atoms. The molecule has 2 saturated heterocycles. The summed E-state index contributed by atoms with van der Waals surface area (Å²) in [6, 6.07) is 0. The summed E-state index contributed by atoms with van der Waals surface area (Å²) in [5.41, 5.74) is 5.45. The molecule has 0 radical (unpaired) electrons. The van der Waals surface area contributed by atoms with Crippen molar-refractivity contribution in [3.63, 3.8) is 0 Å². The summed E-state index contributed by atoms with van der Waals surface area (Å²) < 4.78 is 16.9. The second-order valence-corrected chi connectivity index (χ2v) is 4.11. The van der Waals surface area contributed by atoms with Crippen molar-refractivity contribution >= 4 is 0 Å². The largest absolute Gasteiger partial charge is 0.346 e. The fourth-order valence-corrected chi connectivity index (χ4v) is 1.95. The Labute approximate surface area is 78.3 Å². The zero-order chi connectivity index (χ0) is 9.47. The van der Waals surface area contributed by atoms with Crippen LogP contribution in [0.25, 0.3) is 0 Å². The van der Waals surface area contributed by atoms with Crippen LogP contribution in [0.1, 0.15) is 26.7 Å². The Balaban J connectivity index is 1.90. The van der Waals surface area contributed by atoms with Crippen molar-refractivity contribution < 1.29 is 14.2 Å². The van der Waals surface area contributed by atoms with Crippen molar-refractivity contribution in [3.05, 3.63) is 0 Å². The van der Waals surface area contributed by atoms with Gasteiger partial charge in [-0.05, 0) is 26.8 Å². The lowest BCUT2D eigenvalue weighted by Gasteiger charge is -2.20. The standard InChI is InChI=1S/C9H17NO3/c1-9(2)12-7-5-6(3-4-10)11-8(7)13-9/h6-8H,3-5,10H2,1-2H3/t6-,7-,8-/m1/s1. The fraction of sp³-hybridized carbons (Fsp3) is 1.00. The van der Waals surface area contributed by atoms with Gasteiger partial charge in [-0.2, -0.15) is 0 Å². The van der Waals surface area contributed by atoms with Crippen molar-refractivity contribution in [3.8, 4) is 0 Å². The van der Waals surface area contributed by atoms with Crippen molar-refractivity contribution in [2.24, 2.45) is 5.73 Å². The van der Waals surface area contributed by atoms with Crippen LogP contribution in [0.2, 0.25) is 0 Å². The van der Waals surface area contributed by atoms with Crippen LogP contribution in [-0.2, 0) is 14.2 Å². The number of fused-ring (bicyclic) bond motifs is 1. The smallest absolute Gasteiger partial charge is 0.187 e. The molecule has 0 spiro atoms. The molecule has 0 aromatic heterocycles. The highest BCUT2D eigenvalue weighted by Crippen LogP contribution is 2.37. The van der Waals surface area contributed by atoms with Crippen LogP contribution in [0.3, 0.4) is 0 Å². The van der Waals surface area contributed by atoms with Crippen molar-refractivity contribution in [1.29, 1.82) is 0 Å². The average molecular weight is 187 g/mol. The van der Waals surface area contributed by atoms with Gasteiger partial charge in [-0.1, -0.05) is 0 Å². The predicted molar refractivity (Wildman–Crippen MR) is 47.0 cm³/mol. The predicted octanol–water partition coefficient (Wildman–Crippen LogP) is 0.602. The third-order valence-electron chi connectivity index (χ3n) is 2.45. The van der Waals surface area contributed by atoms with Gasteiger partial charge in [0.25, 0.3) is 0 Å². The Bertz CT molecular complexity index is 179. The average Bonchev–Trinajstić information content (AvgIpc) is 2.41. The zero-order valence-corrected chi connectivity index (χ0v) is 8.16. The Morgan fingerprint density at radius 2 is 2.15 bits per heavy atom. The summed E-state index contributed by atoms with van der Waals surface area (Å²) in [6.07, 6.45) is 1.94. The van der Waals surface area contributed by atoms with Crippen LogP contribution in [-0.4, -0.2) is 30.8 Å². The van der Waals surface area contributed by atoms with Gasteiger partial charge in [0.15, 0.2) is 12.1 Å². The van der Waals surface area contributed by atoms with E-state index < -0.39 is 5.79 Å². The van der Waals surface area contributed by atoms with Gasteiger partial charge in [0.05, 0.1) is 6.10 Å². The molecule has 13 heavy (non-hydrogen) atoms. The summed E-state index contributed by atoms with van der Waals surface area (Å²) in [6.45, 7) is 4.48. The van der Waals surface area contributed by atoms with Crippen LogP contribution in [0, 0.1) is 0 Å². The highest BCUT2D eigenvalue weighted by molar-refractivity contribution is 4.85. The zero-order valence-electron chi connectivity index (χ0n) is 8.16. The first-order chi connectivity index (χ1) is 6.11. The van der Waals surface area contributed by atoms with Crippen molar-refractivity contribution in [1.82, 2.24) is 0 Å². The second-order valence-electron chi connectivity index (χ2n) is 4.11. The maximum atomic E-state index is 5.66. The minimum atomic E-state index is -0.483. The first-order valence-electron chi connectivity index (χ1n) is 4.82. The van der Waals surface area contributed by atoms with Crippen LogP contribution in [0.15, 0.2) is 0 Å². The molecule has 2 fully saturated rings. The second kappa shape index (κ2) is 3.20. The number of hydrogen-bond acceptors (Lipinski definition) is 4. The Morgan fingerprint density at radius 3 is 2.77 bits per heavy atom. The Morgan fingerprint density at radius 1 is 1.38 bits per heavy atom. The van der Waals surface area contributed by atoms with E-state index in [0.29, 0.717) is 6.54 Å². The lowest BCUT2D eigenvalue weighted by atomic mass is 10.1. The summed E-state index contributed by atoms with van der Waals surface area (Å²) >= 11 is 0. The monoisotopic (exact) mass is 187 g/mol. The van der Waals surface area contributed by atoms with Crippen molar-refractivity contribution in [2.45, 2.75) is 51.0 Å². The van der Waals surface area contributed by atoms with Gasteiger partial charge in [0.2, 0.25) is 0 Å². The highest BCUT2D eigenvalue weighted by atomic mass is 16.8. The van der Waals surface area contributed by atoms with Gasteiger partial charge in [0.1, 0.15) is 6.10 Å². The molecular weight excluding hydrogens is 170 g/mol. The van der Waals surface area contributed by atoms with Gasteiger partial charge in [-0.15, -0.1) is 0 Å². The molecule has 3 atom stereocenters. The number of hydrogen-bond donors (Lipinski definition) is 1. The number of ether oxygens (including phenoxy) is 3. The summed E-state index contributed by atoms with van der Waals surface area (Å²) in [7, 11) is 0. The molecule has 2 N–H and O–H groups in total. The summed E-state index contributed by atoms with van der Waals surface area (Å²) in [5.74, 6) is -0.483. The maximum absolute atomic E-state index is 5.66. The highest BCUT2D eigenvalue weighted by Gasteiger charge is 2.48. The van der Waals surface area contributed by atoms with Gasteiger partial charge < -0.3 is 19.9 Å². The normalized spacial score (nSPS) is 42.2. The Kier molecular flexibility index (Phi) is 2.32. The first kappa shape index (κ1) is 9.40. The minimum Gasteiger partial charge on any atom is -0.346 e. The van der Waals surface area contributed by atoms with E-state index in [1.54, 1.807) is 0 Å². The van der Waals surface area contributed by atoms with Gasteiger partial charge in [-0.25, -0.2) is 0 Å². The molecule has 0 amide bonds. The molecule has 2 aliphatic heterocycles. The van der Waals surface area contributed by atoms with E-state index in [2.05, 4.69) is 0 Å². The molecule has 2 rings (SSSR count). The molecule has 0 unspecified atom stereocenters. The SMILES string of the molecule is CC1(C)O[C@H]2O[C@H](CCN)C[C@H]2O1. The topological polar surface area (TPSA) is 53.7 Å². The summed E-state index contributed by atoms with van der Waals surface area (Å²) in [5, 5.41) is 0. The molecule has 0 aromatic carbocycles. The van der Waals surface area contributed by atoms with Gasteiger partial charge >= 0.3 is 0 Å². The van der Waals surface area contributed by atoms with Crippen LogP contribution < -0.4 is 5.73 Å². The molecule has 4 nitrogen and oxygen atoms in total. The molecule has 2 aliphatic rings. The molecule has 76 valence electrons. The van der Waals surface area contributed by atoms with Crippen LogP contribution in [0.5, 0.6) is 0 Å². The minimum absolute atomic E-state index is 0.103. The van der Waals surface area contributed by atoms with E-state index in [9.17, 15) is 0 Å². The van der Waals surface area contributed by atoms with E-state index in [0.717, 1.165) is 12.8 Å². The maximum Gasteiger partial charge on any atom is 0.187 e. The quantitative estimate of drug-likeness (QED) is 0.688. The van der Waals surface area contributed by atoms with Gasteiger partial charge in [0, 0.05) is 6.42 Å². The van der Waals surface area contributed by atoms with Crippen LogP contribution in [0.4, 0.5) is 0 Å². The van der Waals surface area contributed by atoms with E-state index >= 15 is 0 Å². The van der Waals surface area contributed by atoms with Crippen LogP contribution >= 0.6 is 0 Å². The first-order valence-corrected chi connectivity index (χ1v) is 4.82. The van der Waals surface area contributed by atoms with E-state index in [1.807, 2.05) is 13.8 Å². The molecule has 4 heteroatoms. The van der Waals surface area contributed by atoms with E-state index in [1.165, 1.54) is 0 Å². The third kappa shape index (κ3) is 1.86. The van der Waals surface area contributed by atoms with E-state index in [4.69, 9.17) is 19.9 Å². The molecule has 0 aliphatic carbocycles. The third-order valence-corrected chi connectivity index (χ3v) is 2.45. The Hall–Kier alpha value is -0.160. The molecule has 2 heterocycles. The summed E-state index contributed by atoms with van der Waals surface area (Å²) in [4.78, 5) is 0. The number of nitrogens with two attached hydrogens (primary N) is 1. The number of rotatable bonds is 2. The van der Waals surface area contributed by atoms with E-state index in [-0.39, 0.29) is 18.5 Å². The molecular formula is C9H17NO3. The molecule has 0 saturated carbocycles. The fourth-order valence-electron chi connectivity index (χ4n) is 1.95. The van der Waals surface area contributed by atoms with Gasteiger partial charge in [-0.3, -0.25) is 0 Å². The lowest BCUT2D eigenvalue weighted by molar-refractivity contribution is -0.204. The lowest BCUT2D eigenvalue weighted by Crippen LogP contribution is -2.25. The van der Waals surface area contributed by atoms with Crippen molar-refractivity contribution in [2.75, 3.05) is 6.54 Å².